The van der Waals surface area contributed by atoms with Gasteiger partial charge < -0.3 is 20.5 Å². The van der Waals surface area contributed by atoms with E-state index in [9.17, 15) is 9.50 Å². The fourth-order valence-electron chi connectivity index (χ4n) is 1.14. The van der Waals surface area contributed by atoms with Crippen molar-refractivity contribution in [3.63, 3.8) is 0 Å². The zero-order valence-electron chi connectivity index (χ0n) is 8.40. The second-order valence-electron chi connectivity index (χ2n) is 3.30. The van der Waals surface area contributed by atoms with Crippen molar-refractivity contribution in [1.82, 2.24) is 0 Å². The summed E-state index contributed by atoms with van der Waals surface area (Å²) in [5.74, 6) is -0.609. The van der Waals surface area contributed by atoms with Crippen molar-refractivity contribution in [3.8, 4) is 0 Å². The van der Waals surface area contributed by atoms with Crippen LogP contribution in [0.1, 0.15) is 0 Å². The smallest absolute Gasteiger partial charge is 0.423 e. The van der Waals surface area contributed by atoms with Gasteiger partial charge in [-0.05, 0) is 18.2 Å². The lowest BCUT2D eigenvalue weighted by Crippen LogP contribution is -2.33. The van der Waals surface area contributed by atoms with Crippen molar-refractivity contribution in [3.05, 3.63) is 24.0 Å². The SMILES string of the molecule is OB(O)c1cc(NCC(O)CCl)ccc1F. The number of anilines is 1. The molecule has 0 aromatic heterocycles. The van der Waals surface area contributed by atoms with Crippen LogP contribution in [0.25, 0.3) is 0 Å². The second-order valence-corrected chi connectivity index (χ2v) is 3.61. The van der Waals surface area contributed by atoms with Gasteiger partial charge in [0.05, 0.1) is 12.0 Å². The predicted molar refractivity (Wildman–Crippen MR) is 61.4 cm³/mol. The summed E-state index contributed by atoms with van der Waals surface area (Å²) in [6, 6.07) is 3.81. The number of aliphatic hydroxyl groups is 1. The lowest BCUT2D eigenvalue weighted by atomic mass is 9.79. The Bertz CT molecular complexity index is 354. The maximum Gasteiger partial charge on any atom is 0.491 e. The molecule has 1 unspecified atom stereocenters. The number of nitrogens with one attached hydrogen (secondary N) is 1. The zero-order chi connectivity index (χ0) is 12.1. The largest absolute Gasteiger partial charge is 0.491 e. The van der Waals surface area contributed by atoms with E-state index in [2.05, 4.69) is 5.32 Å². The molecule has 1 aromatic carbocycles. The Morgan fingerprint density at radius 3 is 2.69 bits per heavy atom. The fourth-order valence-corrected chi connectivity index (χ4v) is 1.25. The highest BCUT2D eigenvalue weighted by molar-refractivity contribution is 6.58. The van der Waals surface area contributed by atoms with Crippen LogP contribution in [0.4, 0.5) is 10.1 Å². The van der Waals surface area contributed by atoms with Gasteiger partial charge in [0.25, 0.3) is 0 Å². The highest BCUT2D eigenvalue weighted by Gasteiger charge is 2.16. The molecule has 0 aliphatic heterocycles. The first-order chi connectivity index (χ1) is 7.54. The molecule has 0 saturated carbocycles. The molecule has 1 rings (SSSR count). The molecule has 4 nitrogen and oxygen atoms in total. The topological polar surface area (TPSA) is 72.7 Å². The van der Waals surface area contributed by atoms with E-state index in [1.165, 1.54) is 12.1 Å². The van der Waals surface area contributed by atoms with Crippen LogP contribution >= 0.6 is 11.6 Å². The molecule has 0 spiro atoms. The molecule has 0 amide bonds. The van der Waals surface area contributed by atoms with Crippen LogP contribution < -0.4 is 10.8 Å². The number of hydrogen-bond acceptors (Lipinski definition) is 4. The normalized spacial score (nSPS) is 12.3. The number of alkyl halides is 1. The van der Waals surface area contributed by atoms with E-state index in [-0.39, 0.29) is 17.9 Å². The molecule has 0 saturated heterocycles. The monoisotopic (exact) mass is 247 g/mol. The minimum absolute atomic E-state index is 0.0870. The summed E-state index contributed by atoms with van der Waals surface area (Å²) in [6.07, 6.45) is -0.714. The van der Waals surface area contributed by atoms with Crippen LogP contribution in [-0.2, 0) is 0 Å². The third-order valence-corrected chi connectivity index (χ3v) is 2.35. The molecule has 7 heteroatoms. The molecular formula is C9H12BClFNO3. The van der Waals surface area contributed by atoms with Crippen LogP contribution in [0.3, 0.4) is 0 Å². The van der Waals surface area contributed by atoms with Crippen LogP contribution in [0.15, 0.2) is 18.2 Å². The summed E-state index contributed by atoms with van der Waals surface area (Å²) in [5, 5.41) is 29.7. The first kappa shape index (κ1) is 13.3. The standard InChI is InChI=1S/C9H12BClFNO3/c11-4-7(14)5-13-6-1-2-9(12)8(3-6)10(15)16/h1-3,7,13-16H,4-5H2. The van der Waals surface area contributed by atoms with Gasteiger partial charge in [-0.25, -0.2) is 4.39 Å². The van der Waals surface area contributed by atoms with Gasteiger partial charge in [-0.3, -0.25) is 0 Å². The zero-order valence-corrected chi connectivity index (χ0v) is 9.15. The molecule has 1 aromatic rings. The molecule has 0 aliphatic rings. The lowest BCUT2D eigenvalue weighted by molar-refractivity contribution is 0.211. The first-order valence-electron chi connectivity index (χ1n) is 4.68. The molecule has 1 atom stereocenters. The van der Waals surface area contributed by atoms with E-state index in [0.29, 0.717) is 5.69 Å². The summed E-state index contributed by atoms with van der Waals surface area (Å²) in [4.78, 5) is 0. The minimum atomic E-state index is -1.86. The van der Waals surface area contributed by atoms with Gasteiger partial charge in [-0.1, -0.05) is 0 Å². The quantitative estimate of drug-likeness (QED) is 0.419. The molecule has 0 fully saturated rings. The van der Waals surface area contributed by atoms with E-state index >= 15 is 0 Å². The Kier molecular flexibility index (Phi) is 5.01. The fraction of sp³-hybridized carbons (Fsp3) is 0.333. The third kappa shape index (κ3) is 3.64. The first-order valence-corrected chi connectivity index (χ1v) is 5.21. The maximum atomic E-state index is 13.1. The van der Waals surface area contributed by atoms with Gasteiger partial charge in [-0.15, -0.1) is 11.6 Å². The number of hydrogen-bond donors (Lipinski definition) is 4. The van der Waals surface area contributed by atoms with Gasteiger partial charge >= 0.3 is 7.12 Å². The van der Waals surface area contributed by atoms with Crippen molar-refractivity contribution in [1.29, 1.82) is 0 Å². The molecule has 0 heterocycles. The van der Waals surface area contributed by atoms with Crippen molar-refractivity contribution in [2.75, 3.05) is 17.7 Å². The van der Waals surface area contributed by atoms with E-state index in [0.717, 1.165) is 6.07 Å². The van der Waals surface area contributed by atoms with E-state index in [1.54, 1.807) is 0 Å². The molecule has 4 N–H and O–H groups in total. The van der Waals surface area contributed by atoms with Crippen molar-refractivity contribution >= 4 is 29.9 Å². The average Bonchev–Trinajstić information content (AvgIpc) is 2.27. The molecular weight excluding hydrogens is 235 g/mol. The minimum Gasteiger partial charge on any atom is -0.423 e. The molecule has 0 radical (unpaired) electrons. The van der Waals surface area contributed by atoms with Crippen LogP contribution in [0.5, 0.6) is 0 Å². The Hall–Kier alpha value is -0.815. The molecule has 0 aliphatic carbocycles. The van der Waals surface area contributed by atoms with Gasteiger partial charge in [0.1, 0.15) is 5.82 Å². The summed E-state index contributed by atoms with van der Waals surface area (Å²) < 4.78 is 13.1. The van der Waals surface area contributed by atoms with Gasteiger partial charge in [0.2, 0.25) is 0 Å². The summed E-state index contributed by atoms with van der Waals surface area (Å²) in [7, 11) is -1.86. The summed E-state index contributed by atoms with van der Waals surface area (Å²) in [6.45, 7) is 0.204. The number of rotatable bonds is 5. The highest BCUT2D eigenvalue weighted by atomic mass is 35.5. The lowest BCUT2D eigenvalue weighted by Gasteiger charge is -2.11. The van der Waals surface area contributed by atoms with Gasteiger partial charge in [0.15, 0.2) is 0 Å². The molecule has 88 valence electrons. The van der Waals surface area contributed by atoms with Crippen LogP contribution in [0.2, 0.25) is 0 Å². The van der Waals surface area contributed by atoms with Crippen molar-refractivity contribution < 1.29 is 19.5 Å². The van der Waals surface area contributed by atoms with Crippen molar-refractivity contribution in [2.45, 2.75) is 6.10 Å². The van der Waals surface area contributed by atoms with Crippen LogP contribution in [-0.4, -0.2) is 40.8 Å². The predicted octanol–water partition coefficient (Wildman–Crippen LogP) is -0.483. The number of halogens is 2. The number of benzene rings is 1. The average molecular weight is 247 g/mol. The highest BCUT2D eigenvalue weighted by Crippen LogP contribution is 2.07. The molecule has 0 bridgehead atoms. The summed E-state index contributed by atoms with van der Waals surface area (Å²) in [5.41, 5.74) is 0.263. The Morgan fingerprint density at radius 2 is 2.12 bits per heavy atom. The van der Waals surface area contributed by atoms with E-state index in [1.807, 2.05) is 0 Å². The third-order valence-electron chi connectivity index (χ3n) is 1.99. The van der Waals surface area contributed by atoms with Gasteiger partial charge in [0, 0.05) is 17.7 Å². The van der Waals surface area contributed by atoms with E-state index < -0.39 is 19.0 Å². The maximum absolute atomic E-state index is 13.1. The van der Waals surface area contributed by atoms with Gasteiger partial charge in [-0.2, -0.15) is 0 Å². The Balaban J connectivity index is 2.71. The Labute approximate surface area is 97.8 Å². The summed E-state index contributed by atoms with van der Waals surface area (Å²) >= 11 is 5.40. The second kappa shape index (κ2) is 6.05. The number of aliphatic hydroxyl groups excluding tert-OH is 1. The Morgan fingerprint density at radius 1 is 1.44 bits per heavy atom. The van der Waals surface area contributed by atoms with Crippen LogP contribution in [0, 0.1) is 5.82 Å². The van der Waals surface area contributed by atoms with E-state index in [4.69, 9.17) is 21.6 Å². The van der Waals surface area contributed by atoms with Crippen molar-refractivity contribution in [2.24, 2.45) is 0 Å². The molecule has 16 heavy (non-hydrogen) atoms.